The molecule has 0 radical (unpaired) electrons. The fraction of sp³-hybridized carbons (Fsp3) is 0.316. The summed E-state index contributed by atoms with van der Waals surface area (Å²) in [5, 5.41) is 4.37. The van der Waals surface area contributed by atoms with Crippen molar-refractivity contribution in [1.29, 1.82) is 0 Å². The molecule has 1 aliphatic heterocycles. The lowest BCUT2D eigenvalue weighted by molar-refractivity contribution is -0.113. The van der Waals surface area contributed by atoms with Crippen molar-refractivity contribution in [3.8, 4) is 0 Å². The number of piperazine rings is 1. The van der Waals surface area contributed by atoms with Crippen molar-refractivity contribution in [2.75, 3.05) is 49.2 Å². The van der Waals surface area contributed by atoms with Crippen LogP contribution in [-0.2, 0) is 4.79 Å². The van der Waals surface area contributed by atoms with Gasteiger partial charge in [-0.1, -0.05) is 29.3 Å². The lowest BCUT2D eigenvalue weighted by Crippen LogP contribution is -2.44. The van der Waals surface area contributed by atoms with E-state index in [9.17, 15) is 4.79 Å². The first-order valence-electron chi connectivity index (χ1n) is 8.43. The molecule has 3 rings (SSSR count). The molecule has 2 aromatic carbocycles. The van der Waals surface area contributed by atoms with Crippen molar-refractivity contribution >= 4 is 52.2 Å². The Morgan fingerprint density at radius 1 is 1.08 bits per heavy atom. The average Bonchev–Trinajstić information content (AvgIpc) is 2.63. The molecule has 0 aliphatic carbocycles. The number of amides is 1. The zero-order chi connectivity index (χ0) is 18.5. The molecule has 1 fully saturated rings. The van der Waals surface area contributed by atoms with Crippen molar-refractivity contribution in [1.82, 2.24) is 4.90 Å². The highest BCUT2D eigenvalue weighted by Gasteiger charge is 2.20. The van der Waals surface area contributed by atoms with Gasteiger partial charge in [0.15, 0.2) is 0 Å². The van der Waals surface area contributed by atoms with E-state index >= 15 is 0 Å². The molecule has 7 heteroatoms. The van der Waals surface area contributed by atoms with Crippen LogP contribution in [0.2, 0.25) is 10.0 Å². The van der Waals surface area contributed by atoms with Gasteiger partial charge in [-0.25, -0.2) is 0 Å². The SMILES string of the molecule is CN1CCN(c2c(Cl)cccc2NC(=O)CSc2ccc(Cl)cc2)CC1. The van der Waals surface area contributed by atoms with Gasteiger partial charge in [-0.2, -0.15) is 0 Å². The van der Waals surface area contributed by atoms with Crippen LogP contribution in [0.1, 0.15) is 0 Å². The molecule has 4 nitrogen and oxygen atoms in total. The minimum Gasteiger partial charge on any atom is -0.366 e. The third kappa shape index (κ3) is 5.07. The second kappa shape index (κ2) is 9.00. The topological polar surface area (TPSA) is 35.6 Å². The highest BCUT2D eigenvalue weighted by molar-refractivity contribution is 8.00. The number of hydrogen-bond acceptors (Lipinski definition) is 4. The van der Waals surface area contributed by atoms with Crippen LogP contribution < -0.4 is 10.2 Å². The van der Waals surface area contributed by atoms with E-state index in [4.69, 9.17) is 23.2 Å². The number of rotatable bonds is 5. The van der Waals surface area contributed by atoms with Gasteiger partial charge >= 0.3 is 0 Å². The summed E-state index contributed by atoms with van der Waals surface area (Å²) in [6.07, 6.45) is 0. The van der Waals surface area contributed by atoms with E-state index in [1.165, 1.54) is 11.8 Å². The number of thioether (sulfide) groups is 1. The van der Waals surface area contributed by atoms with Gasteiger partial charge < -0.3 is 15.1 Å². The lowest BCUT2D eigenvalue weighted by atomic mass is 10.2. The maximum absolute atomic E-state index is 12.4. The van der Waals surface area contributed by atoms with E-state index in [1.54, 1.807) is 0 Å². The quantitative estimate of drug-likeness (QED) is 0.738. The van der Waals surface area contributed by atoms with Gasteiger partial charge in [0, 0.05) is 36.1 Å². The number of nitrogens with zero attached hydrogens (tertiary/aromatic N) is 2. The van der Waals surface area contributed by atoms with E-state index in [0.717, 1.165) is 42.4 Å². The monoisotopic (exact) mass is 409 g/mol. The Balaban J connectivity index is 1.66. The van der Waals surface area contributed by atoms with Crippen molar-refractivity contribution < 1.29 is 4.79 Å². The van der Waals surface area contributed by atoms with Crippen LogP contribution in [0.5, 0.6) is 0 Å². The largest absolute Gasteiger partial charge is 0.366 e. The Kier molecular flexibility index (Phi) is 6.70. The van der Waals surface area contributed by atoms with Gasteiger partial charge in [0.05, 0.1) is 22.2 Å². The second-order valence-electron chi connectivity index (χ2n) is 6.22. The molecular weight excluding hydrogens is 389 g/mol. The molecule has 1 heterocycles. The first-order valence-corrected chi connectivity index (χ1v) is 10.2. The minimum atomic E-state index is -0.0532. The van der Waals surface area contributed by atoms with Gasteiger partial charge in [0.25, 0.3) is 0 Å². The number of halogens is 2. The molecule has 138 valence electrons. The number of benzene rings is 2. The predicted molar refractivity (Wildman–Crippen MR) is 112 cm³/mol. The molecule has 1 saturated heterocycles. The van der Waals surface area contributed by atoms with Gasteiger partial charge in [-0.3, -0.25) is 4.79 Å². The molecule has 0 aromatic heterocycles. The zero-order valence-electron chi connectivity index (χ0n) is 14.5. The van der Waals surface area contributed by atoms with E-state index in [2.05, 4.69) is 22.2 Å². The standard InChI is InChI=1S/C19H21Cl2N3OS/c1-23-9-11-24(12-10-23)19-16(21)3-2-4-17(19)22-18(25)13-26-15-7-5-14(20)6-8-15/h2-8H,9-13H2,1H3,(H,22,25). The second-order valence-corrected chi connectivity index (χ2v) is 8.11. The maximum Gasteiger partial charge on any atom is 0.234 e. The number of hydrogen-bond donors (Lipinski definition) is 1. The van der Waals surface area contributed by atoms with Crippen LogP contribution >= 0.6 is 35.0 Å². The summed E-state index contributed by atoms with van der Waals surface area (Å²) in [6, 6.07) is 13.1. The fourth-order valence-electron chi connectivity index (χ4n) is 2.83. The predicted octanol–water partition coefficient (Wildman–Crippen LogP) is 4.48. The molecule has 0 spiro atoms. The minimum absolute atomic E-state index is 0.0532. The average molecular weight is 410 g/mol. The van der Waals surface area contributed by atoms with Crippen LogP contribution in [0, 0.1) is 0 Å². The summed E-state index contributed by atoms with van der Waals surface area (Å²) in [5.74, 6) is 0.277. The van der Waals surface area contributed by atoms with E-state index < -0.39 is 0 Å². The number of carbonyl (C=O) groups excluding carboxylic acids is 1. The number of anilines is 2. The van der Waals surface area contributed by atoms with Crippen LogP contribution in [0.3, 0.4) is 0 Å². The third-order valence-corrected chi connectivity index (χ3v) is 5.83. The molecule has 1 N–H and O–H groups in total. The maximum atomic E-state index is 12.4. The van der Waals surface area contributed by atoms with Crippen LogP contribution in [0.25, 0.3) is 0 Å². The Bertz CT molecular complexity index is 762. The summed E-state index contributed by atoms with van der Waals surface area (Å²) in [6.45, 7) is 3.74. The summed E-state index contributed by atoms with van der Waals surface area (Å²) in [7, 11) is 2.11. The van der Waals surface area contributed by atoms with E-state index in [-0.39, 0.29) is 5.91 Å². The number of nitrogens with one attached hydrogen (secondary N) is 1. The summed E-state index contributed by atoms with van der Waals surface area (Å²) in [4.78, 5) is 18.0. The number of para-hydroxylation sites is 1. The van der Waals surface area contributed by atoms with Crippen molar-refractivity contribution in [3.05, 3.63) is 52.5 Å². The lowest BCUT2D eigenvalue weighted by Gasteiger charge is -2.35. The summed E-state index contributed by atoms with van der Waals surface area (Å²) in [5.41, 5.74) is 1.68. The highest BCUT2D eigenvalue weighted by atomic mass is 35.5. The molecule has 1 aliphatic rings. The zero-order valence-corrected chi connectivity index (χ0v) is 16.9. The number of carbonyl (C=O) groups is 1. The molecule has 0 saturated carbocycles. The summed E-state index contributed by atoms with van der Waals surface area (Å²) >= 11 is 13.8. The molecule has 0 unspecified atom stereocenters. The third-order valence-electron chi connectivity index (χ3n) is 4.26. The number of likely N-dealkylation sites (N-methyl/N-ethyl adjacent to an activating group) is 1. The Labute approximate surface area is 168 Å². The van der Waals surface area contributed by atoms with Gasteiger partial charge in [0.2, 0.25) is 5.91 Å². The Hall–Kier alpha value is -1.40. The van der Waals surface area contributed by atoms with Crippen molar-refractivity contribution in [2.24, 2.45) is 0 Å². The van der Waals surface area contributed by atoms with Crippen molar-refractivity contribution in [3.63, 3.8) is 0 Å². The van der Waals surface area contributed by atoms with Gasteiger partial charge in [-0.05, 0) is 43.4 Å². The Morgan fingerprint density at radius 3 is 2.46 bits per heavy atom. The normalized spacial score (nSPS) is 15.1. The molecule has 0 bridgehead atoms. The van der Waals surface area contributed by atoms with Crippen molar-refractivity contribution in [2.45, 2.75) is 4.90 Å². The van der Waals surface area contributed by atoms with E-state index in [0.29, 0.717) is 15.8 Å². The van der Waals surface area contributed by atoms with Crippen LogP contribution in [0.4, 0.5) is 11.4 Å². The fourth-order valence-corrected chi connectivity index (χ4v) is 3.95. The van der Waals surface area contributed by atoms with E-state index in [1.807, 2.05) is 42.5 Å². The molecule has 26 heavy (non-hydrogen) atoms. The van der Waals surface area contributed by atoms with Crippen LogP contribution in [-0.4, -0.2) is 49.8 Å². The van der Waals surface area contributed by atoms with Gasteiger partial charge in [0.1, 0.15) is 0 Å². The first-order chi connectivity index (χ1) is 12.5. The Morgan fingerprint density at radius 2 is 1.77 bits per heavy atom. The van der Waals surface area contributed by atoms with Crippen LogP contribution in [0.15, 0.2) is 47.4 Å². The van der Waals surface area contributed by atoms with Gasteiger partial charge in [-0.15, -0.1) is 11.8 Å². The first kappa shape index (κ1) is 19.4. The molecule has 2 aromatic rings. The smallest absolute Gasteiger partial charge is 0.234 e. The highest BCUT2D eigenvalue weighted by Crippen LogP contribution is 2.34. The molecule has 0 atom stereocenters. The molecule has 1 amide bonds. The summed E-state index contributed by atoms with van der Waals surface area (Å²) < 4.78 is 0. The molecular formula is C19H21Cl2N3OS.